The van der Waals surface area contributed by atoms with Gasteiger partial charge in [-0.1, -0.05) is 44.0 Å². The van der Waals surface area contributed by atoms with Crippen LogP contribution in [0.25, 0.3) is 0 Å². The highest BCUT2D eigenvalue weighted by molar-refractivity contribution is 6.33. The van der Waals surface area contributed by atoms with Gasteiger partial charge in [-0.2, -0.15) is 4.98 Å². The predicted molar refractivity (Wildman–Crippen MR) is 341 cm³/mol. The Bertz CT molecular complexity index is 3820. The van der Waals surface area contributed by atoms with Gasteiger partial charge in [-0.25, -0.2) is 58.0 Å². The average Bonchev–Trinajstić information content (AvgIpc) is 2.03. The smallest absolute Gasteiger partial charge is 0.225 e. The number of aryl methyl sites for hydroxylation is 2. The number of anilines is 9. The van der Waals surface area contributed by atoms with E-state index >= 15 is 0 Å². The number of halogens is 6. The van der Waals surface area contributed by atoms with Gasteiger partial charge in [0.05, 0.1) is 0 Å². The van der Waals surface area contributed by atoms with Crippen molar-refractivity contribution in [3.8, 4) is 0 Å². The summed E-state index contributed by atoms with van der Waals surface area (Å²) >= 11 is 18.7. The third-order valence-corrected chi connectivity index (χ3v) is 19.9. The number of aromatic nitrogens is 10. The van der Waals surface area contributed by atoms with E-state index in [1.165, 1.54) is 62.1 Å². The molecule has 22 heteroatoms. The molecule has 7 atom stereocenters. The third-order valence-electron chi connectivity index (χ3n) is 19.1. The van der Waals surface area contributed by atoms with Gasteiger partial charge in [-0.15, -0.1) is 0 Å². The van der Waals surface area contributed by atoms with E-state index in [9.17, 15) is 13.2 Å². The molecule has 15 rings (SSSR count). The highest BCUT2D eigenvalue weighted by atomic mass is 35.5. The summed E-state index contributed by atoms with van der Waals surface area (Å²) in [6, 6.07) is 23.7. The number of benzene rings is 3. The van der Waals surface area contributed by atoms with Crippen LogP contribution in [0.2, 0.25) is 15.6 Å². The topological polar surface area (TPSA) is 157 Å². The first kappa shape index (κ1) is 59.5. The van der Waals surface area contributed by atoms with Crippen LogP contribution in [0, 0.1) is 66.8 Å². The van der Waals surface area contributed by atoms with Gasteiger partial charge >= 0.3 is 0 Å². The second kappa shape index (κ2) is 24.8. The van der Waals surface area contributed by atoms with Crippen molar-refractivity contribution in [2.24, 2.45) is 35.5 Å². The fourth-order valence-electron chi connectivity index (χ4n) is 14.9. The zero-order valence-corrected chi connectivity index (χ0v) is 52.4. The van der Waals surface area contributed by atoms with Crippen LogP contribution in [0.15, 0.2) is 97.6 Å². The summed E-state index contributed by atoms with van der Waals surface area (Å²) in [6.45, 7) is 16.8. The van der Waals surface area contributed by atoms with Crippen LogP contribution in [-0.2, 0) is 12.8 Å². The van der Waals surface area contributed by atoms with E-state index in [0.29, 0.717) is 57.5 Å². The largest absolute Gasteiger partial charge is 0.373 e. The van der Waals surface area contributed by atoms with Crippen molar-refractivity contribution in [3.63, 3.8) is 0 Å². The molecule has 10 heterocycles. The maximum atomic E-state index is 13.6. The van der Waals surface area contributed by atoms with Crippen molar-refractivity contribution in [3.05, 3.63) is 170 Å². The van der Waals surface area contributed by atoms with E-state index in [4.69, 9.17) is 54.7 Å². The molecule has 4 bridgehead atoms. The quantitative estimate of drug-likeness (QED) is 0.102. The summed E-state index contributed by atoms with van der Waals surface area (Å²) in [5.74, 6) is 10.8. The van der Waals surface area contributed by atoms with Gasteiger partial charge in [0, 0.05) is 141 Å². The van der Waals surface area contributed by atoms with E-state index in [-0.39, 0.29) is 34.6 Å². The maximum Gasteiger partial charge on any atom is 0.225 e. The molecular formula is C66H70Cl3F3N16. The molecule has 2 saturated heterocycles. The van der Waals surface area contributed by atoms with Crippen LogP contribution < -0.4 is 29.8 Å². The molecule has 5 aromatic heterocycles. The second-order valence-electron chi connectivity index (χ2n) is 24.9. The minimum Gasteiger partial charge on any atom is -0.373 e. The number of nitrogens with zero attached hydrogens (tertiary/aromatic N) is 15. The Morgan fingerprint density at radius 3 is 1.22 bits per heavy atom. The van der Waals surface area contributed by atoms with E-state index in [1.54, 1.807) is 36.9 Å². The fourth-order valence-corrected chi connectivity index (χ4v) is 15.9. The van der Waals surface area contributed by atoms with Crippen molar-refractivity contribution < 1.29 is 13.2 Å². The van der Waals surface area contributed by atoms with E-state index in [1.807, 2.05) is 44.9 Å². The summed E-state index contributed by atoms with van der Waals surface area (Å²) in [5.41, 5.74) is 7.80. The fraction of sp³-hybridized carbons (Fsp3) is 0.424. The molecule has 456 valence electrons. The van der Waals surface area contributed by atoms with Gasteiger partial charge in [-0.3, -0.25) is 0 Å². The molecule has 1 N–H and O–H groups in total. The van der Waals surface area contributed by atoms with Gasteiger partial charge in [0.25, 0.3) is 0 Å². The number of hydrogen-bond donors (Lipinski definition) is 1. The zero-order valence-electron chi connectivity index (χ0n) is 50.1. The molecule has 2 aliphatic carbocycles. The summed E-state index contributed by atoms with van der Waals surface area (Å²) in [6.07, 6.45) is 10.0. The number of rotatable bonds is 10. The van der Waals surface area contributed by atoms with Crippen molar-refractivity contribution >= 4 is 86.8 Å². The number of hydrogen-bond acceptors (Lipinski definition) is 16. The molecule has 7 aliphatic rings. The molecule has 4 fully saturated rings. The van der Waals surface area contributed by atoms with Crippen molar-refractivity contribution in [2.75, 3.05) is 82.7 Å². The molecule has 4 unspecified atom stereocenters. The lowest BCUT2D eigenvalue weighted by Crippen LogP contribution is -2.43. The molecule has 3 aromatic carbocycles. The normalized spacial score (nSPS) is 23.7. The second-order valence-corrected chi connectivity index (χ2v) is 26.0. The van der Waals surface area contributed by atoms with Crippen LogP contribution in [0.4, 0.5) is 65.1 Å². The molecule has 0 amide bonds. The molecular weight excluding hydrogens is 1180 g/mol. The van der Waals surface area contributed by atoms with Crippen LogP contribution >= 0.6 is 34.8 Å². The number of fused-ring (bicyclic) bond motifs is 7. The van der Waals surface area contributed by atoms with Crippen molar-refractivity contribution in [1.82, 2.24) is 49.8 Å². The Labute approximate surface area is 526 Å². The van der Waals surface area contributed by atoms with Gasteiger partial charge in [0.15, 0.2) is 0 Å². The number of nitrogens with one attached hydrogen (secondary N) is 1. The minimum absolute atomic E-state index is 0.116. The van der Waals surface area contributed by atoms with Gasteiger partial charge in [0.1, 0.15) is 87.0 Å². The van der Waals surface area contributed by atoms with Crippen molar-refractivity contribution in [2.45, 2.75) is 90.9 Å². The lowest BCUT2D eigenvalue weighted by atomic mass is 9.82. The van der Waals surface area contributed by atoms with E-state index in [2.05, 4.69) is 80.8 Å². The minimum atomic E-state index is -0.269. The maximum absolute atomic E-state index is 13.6. The lowest BCUT2D eigenvalue weighted by Gasteiger charge is -2.38. The van der Waals surface area contributed by atoms with Gasteiger partial charge in [0.2, 0.25) is 5.28 Å². The molecule has 2 saturated carbocycles. The standard InChI is InChI=1S/C27H32FN7.C26H28ClFN6.C13H10Cl2FN3/c1-16-12-35(21-8-6-20(28)7-9-21)27-25(16)26(29-3)32-23(33-27)11-22-18-4-5-19(22)14-34(13-18)24-10-17(2)30-15-31-24;1-15-11-34(20-7-5-19(28)6-8-20)26-24(15)25(27)31-22(32-26)10-21-17-3-4-18(21)13-33(12-17)23-9-16(2)29-14-30-23;1-7-6-19(9-4-2-8(16)3-5-9)12-10(7)11(14)17-13(15)18-12/h6-10,15-16,18-19,22H,4-5,11-14H2,1-3H3,(H,29,32,33);5-9,14-15,17-18,21H,3-4,10-13H2,1-2H3;2-5,7H,6H2,1H3/t16-,18?,19?,22?;15-,17?,18?,21?;7-/m000/s1. The monoisotopic (exact) mass is 1250 g/mol. The highest BCUT2D eigenvalue weighted by Crippen LogP contribution is 2.49. The molecule has 88 heavy (non-hydrogen) atoms. The first-order valence-corrected chi connectivity index (χ1v) is 31.7. The van der Waals surface area contributed by atoms with E-state index in [0.717, 1.165) is 145 Å². The lowest BCUT2D eigenvalue weighted by molar-refractivity contribution is 0.265. The van der Waals surface area contributed by atoms with Crippen LogP contribution in [0.1, 0.15) is 104 Å². The van der Waals surface area contributed by atoms with Crippen LogP contribution in [0.3, 0.4) is 0 Å². The van der Waals surface area contributed by atoms with Crippen LogP contribution in [-0.4, -0.2) is 103 Å². The van der Waals surface area contributed by atoms with Gasteiger partial charge in [-0.05, 0) is 159 Å². The van der Waals surface area contributed by atoms with Crippen molar-refractivity contribution in [1.29, 1.82) is 0 Å². The Hall–Kier alpha value is -7.48. The molecule has 5 aliphatic heterocycles. The van der Waals surface area contributed by atoms with Crippen LogP contribution in [0.5, 0.6) is 0 Å². The summed E-state index contributed by atoms with van der Waals surface area (Å²) in [5, 5.41) is 4.38. The van der Waals surface area contributed by atoms with E-state index < -0.39 is 0 Å². The highest BCUT2D eigenvalue weighted by Gasteiger charge is 2.45. The molecule has 0 spiro atoms. The number of piperidine rings is 2. The zero-order chi connectivity index (χ0) is 61.1. The molecule has 16 nitrogen and oxygen atoms in total. The predicted octanol–water partition coefficient (Wildman–Crippen LogP) is 14.2. The molecule has 8 aromatic rings. The Morgan fingerprint density at radius 2 is 0.818 bits per heavy atom. The Morgan fingerprint density at radius 1 is 0.455 bits per heavy atom. The SMILES string of the molecule is CNc1nc(CC2C3CCC2CN(c2cc(C)ncn2)C3)nc2c1[C@@H](C)CN2c1ccc(F)cc1.C[C@H]1CN(c2ccc(F)cc2)c2nc(Cl)nc(Cl)c21.Cc1cc(N2CC3CCC(C2)C3Cc2nc(Cl)c3c(n2)N(c2ccc(F)cc2)C[C@@H]3C)ncn1. The van der Waals surface area contributed by atoms with Gasteiger partial charge < -0.3 is 29.8 Å². The summed E-state index contributed by atoms with van der Waals surface area (Å²) in [7, 11) is 1.94. The third kappa shape index (κ3) is 12.0. The summed E-state index contributed by atoms with van der Waals surface area (Å²) < 4.78 is 40.0. The first-order chi connectivity index (χ1) is 42.5. The summed E-state index contributed by atoms with van der Waals surface area (Å²) in [4.78, 5) is 56.8. The molecule has 0 radical (unpaired) electrons. The Balaban J connectivity index is 0.000000127. The Kier molecular flexibility index (Phi) is 16.8. The first-order valence-electron chi connectivity index (χ1n) is 30.6. The average molecular weight is 1250 g/mol.